The fourth-order valence-corrected chi connectivity index (χ4v) is 2.68. The summed E-state index contributed by atoms with van der Waals surface area (Å²) in [6.07, 6.45) is 3.30. The highest BCUT2D eigenvalue weighted by Crippen LogP contribution is 2.25. The molecule has 1 aromatic rings. The standard InChI is InChI=1S/C15H22N2O/c1-12-4-5-15(13(10-12)11-18)17-8-6-14(7-9-17)16(2)3/h4-5,10-11,14H,6-9H2,1-3H3. The number of piperidine rings is 1. The van der Waals surface area contributed by atoms with Crippen molar-refractivity contribution < 1.29 is 4.79 Å². The van der Waals surface area contributed by atoms with Gasteiger partial charge < -0.3 is 9.80 Å². The third kappa shape index (κ3) is 2.72. The molecule has 3 nitrogen and oxygen atoms in total. The Hall–Kier alpha value is -1.35. The van der Waals surface area contributed by atoms with E-state index in [9.17, 15) is 4.79 Å². The van der Waals surface area contributed by atoms with Crippen LogP contribution in [-0.2, 0) is 0 Å². The molecule has 1 heterocycles. The summed E-state index contributed by atoms with van der Waals surface area (Å²) in [6.45, 7) is 4.09. The highest BCUT2D eigenvalue weighted by molar-refractivity contribution is 5.85. The number of benzene rings is 1. The predicted octanol–water partition coefficient (Wildman–Crippen LogP) is 2.34. The van der Waals surface area contributed by atoms with Crippen molar-refractivity contribution in [1.29, 1.82) is 0 Å². The van der Waals surface area contributed by atoms with Crippen molar-refractivity contribution in [3.63, 3.8) is 0 Å². The number of nitrogens with zero attached hydrogens (tertiary/aromatic N) is 2. The molecule has 18 heavy (non-hydrogen) atoms. The lowest BCUT2D eigenvalue weighted by atomic mass is 10.0. The maximum Gasteiger partial charge on any atom is 0.152 e. The first-order valence-electron chi connectivity index (χ1n) is 6.59. The van der Waals surface area contributed by atoms with Crippen LogP contribution >= 0.6 is 0 Å². The Morgan fingerprint density at radius 2 is 1.94 bits per heavy atom. The third-order valence-corrected chi connectivity index (χ3v) is 3.85. The van der Waals surface area contributed by atoms with E-state index in [0.29, 0.717) is 6.04 Å². The molecule has 0 aromatic heterocycles. The second-order valence-electron chi connectivity index (χ2n) is 5.36. The van der Waals surface area contributed by atoms with Gasteiger partial charge in [-0.15, -0.1) is 0 Å². The minimum Gasteiger partial charge on any atom is -0.371 e. The Balaban J connectivity index is 2.12. The van der Waals surface area contributed by atoms with Crippen LogP contribution in [0.4, 0.5) is 5.69 Å². The molecule has 0 amide bonds. The van der Waals surface area contributed by atoms with E-state index >= 15 is 0 Å². The van der Waals surface area contributed by atoms with E-state index in [0.717, 1.165) is 36.2 Å². The van der Waals surface area contributed by atoms with Gasteiger partial charge in [-0.1, -0.05) is 11.6 Å². The van der Waals surface area contributed by atoms with Gasteiger partial charge in [0.15, 0.2) is 6.29 Å². The Bertz CT molecular complexity index is 421. The zero-order valence-corrected chi connectivity index (χ0v) is 11.5. The summed E-state index contributed by atoms with van der Waals surface area (Å²) < 4.78 is 0. The normalized spacial score (nSPS) is 17.2. The molecule has 0 N–H and O–H groups in total. The van der Waals surface area contributed by atoms with Crippen molar-refractivity contribution in [2.24, 2.45) is 0 Å². The van der Waals surface area contributed by atoms with E-state index in [1.165, 1.54) is 12.8 Å². The Morgan fingerprint density at radius 1 is 1.28 bits per heavy atom. The topological polar surface area (TPSA) is 23.6 Å². The molecule has 0 saturated carbocycles. The minimum absolute atomic E-state index is 0.673. The first-order chi connectivity index (χ1) is 8.61. The van der Waals surface area contributed by atoms with E-state index in [1.54, 1.807) is 0 Å². The van der Waals surface area contributed by atoms with E-state index in [4.69, 9.17) is 0 Å². The van der Waals surface area contributed by atoms with Crippen LogP contribution in [0, 0.1) is 6.92 Å². The molecule has 1 aliphatic heterocycles. The number of aryl methyl sites for hydroxylation is 1. The zero-order valence-electron chi connectivity index (χ0n) is 11.5. The lowest BCUT2D eigenvalue weighted by Crippen LogP contribution is -2.42. The van der Waals surface area contributed by atoms with E-state index in [-0.39, 0.29) is 0 Å². The number of aldehydes is 1. The summed E-state index contributed by atoms with van der Waals surface area (Å²) in [5.41, 5.74) is 3.05. The largest absolute Gasteiger partial charge is 0.371 e. The molecule has 1 aromatic carbocycles. The van der Waals surface area contributed by atoms with Gasteiger partial charge in [-0.2, -0.15) is 0 Å². The van der Waals surface area contributed by atoms with Crippen LogP contribution in [0.1, 0.15) is 28.8 Å². The van der Waals surface area contributed by atoms with Crippen LogP contribution in [-0.4, -0.2) is 44.4 Å². The maximum absolute atomic E-state index is 11.2. The first kappa shape index (κ1) is 13.1. The molecule has 3 heteroatoms. The van der Waals surface area contributed by atoms with Crippen molar-refractivity contribution in [1.82, 2.24) is 4.90 Å². The molecule has 1 fully saturated rings. The first-order valence-corrected chi connectivity index (χ1v) is 6.59. The van der Waals surface area contributed by atoms with Gasteiger partial charge in [0.2, 0.25) is 0 Å². The quantitative estimate of drug-likeness (QED) is 0.765. The Labute approximate surface area is 109 Å². The average molecular weight is 246 g/mol. The van der Waals surface area contributed by atoms with Crippen molar-refractivity contribution >= 4 is 12.0 Å². The van der Waals surface area contributed by atoms with Crippen molar-refractivity contribution in [3.05, 3.63) is 29.3 Å². The van der Waals surface area contributed by atoms with Crippen LogP contribution in [0.2, 0.25) is 0 Å². The molecule has 0 unspecified atom stereocenters. The van der Waals surface area contributed by atoms with Crippen LogP contribution in [0.3, 0.4) is 0 Å². The molecular formula is C15H22N2O. The van der Waals surface area contributed by atoms with Gasteiger partial charge in [0.05, 0.1) is 0 Å². The second kappa shape index (κ2) is 5.53. The van der Waals surface area contributed by atoms with Crippen LogP contribution in [0.25, 0.3) is 0 Å². The molecule has 98 valence electrons. The zero-order chi connectivity index (χ0) is 13.1. The number of hydrogen-bond donors (Lipinski definition) is 0. The van der Waals surface area contributed by atoms with Crippen molar-refractivity contribution in [3.8, 4) is 0 Å². The van der Waals surface area contributed by atoms with Gasteiger partial charge in [0.1, 0.15) is 0 Å². The summed E-state index contributed by atoms with van der Waals surface area (Å²) in [7, 11) is 4.28. The predicted molar refractivity (Wildman–Crippen MR) is 75.5 cm³/mol. The number of rotatable bonds is 3. The highest BCUT2D eigenvalue weighted by atomic mass is 16.1. The highest BCUT2D eigenvalue weighted by Gasteiger charge is 2.21. The average Bonchev–Trinajstić information content (AvgIpc) is 2.38. The molecule has 0 spiro atoms. The number of carbonyl (C=O) groups is 1. The van der Waals surface area contributed by atoms with Crippen molar-refractivity contribution in [2.75, 3.05) is 32.1 Å². The van der Waals surface area contributed by atoms with Gasteiger partial charge >= 0.3 is 0 Å². The SMILES string of the molecule is Cc1ccc(N2CCC(N(C)C)CC2)c(C=O)c1. The molecule has 1 saturated heterocycles. The summed E-state index contributed by atoms with van der Waals surface area (Å²) in [6, 6.07) is 6.81. The molecule has 0 bridgehead atoms. The number of carbonyl (C=O) groups excluding carboxylic acids is 1. The fraction of sp³-hybridized carbons (Fsp3) is 0.533. The fourth-order valence-electron chi connectivity index (χ4n) is 2.68. The van der Waals surface area contributed by atoms with E-state index < -0.39 is 0 Å². The van der Waals surface area contributed by atoms with Gasteiger partial charge in [-0.3, -0.25) is 4.79 Å². The number of hydrogen-bond acceptors (Lipinski definition) is 3. The van der Waals surface area contributed by atoms with Crippen LogP contribution < -0.4 is 4.90 Å². The summed E-state index contributed by atoms with van der Waals surface area (Å²) in [4.78, 5) is 15.8. The summed E-state index contributed by atoms with van der Waals surface area (Å²) in [5, 5.41) is 0. The molecular weight excluding hydrogens is 224 g/mol. The molecule has 0 atom stereocenters. The van der Waals surface area contributed by atoms with E-state index in [2.05, 4.69) is 36.0 Å². The van der Waals surface area contributed by atoms with E-state index in [1.807, 2.05) is 13.0 Å². The van der Waals surface area contributed by atoms with Crippen LogP contribution in [0.15, 0.2) is 18.2 Å². The monoisotopic (exact) mass is 246 g/mol. The number of anilines is 1. The van der Waals surface area contributed by atoms with Gasteiger partial charge in [-0.05, 0) is 46.0 Å². The van der Waals surface area contributed by atoms with Gasteiger partial charge in [0, 0.05) is 30.4 Å². The third-order valence-electron chi connectivity index (χ3n) is 3.85. The van der Waals surface area contributed by atoms with Gasteiger partial charge in [0.25, 0.3) is 0 Å². The second-order valence-corrected chi connectivity index (χ2v) is 5.36. The minimum atomic E-state index is 0.673. The molecule has 0 radical (unpaired) electrons. The van der Waals surface area contributed by atoms with Crippen molar-refractivity contribution in [2.45, 2.75) is 25.8 Å². The lowest BCUT2D eigenvalue weighted by Gasteiger charge is -2.37. The molecule has 0 aliphatic carbocycles. The smallest absolute Gasteiger partial charge is 0.152 e. The molecule has 1 aliphatic rings. The van der Waals surface area contributed by atoms with Gasteiger partial charge in [-0.25, -0.2) is 0 Å². The Morgan fingerprint density at radius 3 is 2.50 bits per heavy atom. The Kier molecular flexibility index (Phi) is 4.02. The summed E-state index contributed by atoms with van der Waals surface area (Å²) in [5.74, 6) is 0. The van der Waals surface area contributed by atoms with Crippen LogP contribution in [0.5, 0.6) is 0 Å². The maximum atomic E-state index is 11.2. The summed E-state index contributed by atoms with van der Waals surface area (Å²) >= 11 is 0. The lowest BCUT2D eigenvalue weighted by molar-refractivity contribution is 0.112. The molecule has 2 rings (SSSR count).